The van der Waals surface area contributed by atoms with Gasteiger partial charge in [0.2, 0.25) is 5.91 Å². The minimum atomic E-state index is -0.653. The molecule has 0 spiro atoms. The Labute approximate surface area is 117 Å². The van der Waals surface area contributed by atoms with Crippen molar-refractivity contribution >= 4 is 11.6 Å². The van der Waals surface area contributed by atoms with Crippen LogP contribution in [0.2, 0.25) is 0 Å². The van der Waals surface area contributed by atoms with Crippen molar-refractivity contribution < 1.29 is 9.90 Å². The number of hydrogen-bond donors (Lipinski definition) is 3. The summed E-state index contributed by atoms with van der Waals surface area (Å²) >= 11 is 0. The van der Waals surface area contributed by atoms with Crippen LogP contribution in [0, 0.1) is 6.92 Å². The third-order valence-electron chi connectivity index (χ3n) is 2.87. The average Bonchev–Trinajstić information content (AvgIpc) is 2.41. The number of anilines is 1. The molecule has 20 heavy (non-hydrogen) atoms. The first-order valence-electron chi connectivity index (χ1n) is 6.30. The number of phenolic OH excluding ortho intramolecular Hbond substituents is 1. The summed E-state index contributed by atoms with van der Waals surface area (Å²) in [4.78, 5) is 16.0. The van der Waals surface area contributed by atoms with E-state index in [1.807, 2.05) is 13.0 Å². The van der Waals surface area contributed by atoms with Gasteiger partial charge in [-0.1, -0.05) is 12.1 Å². The summed E-state index contributed by atoms with van der Waals surface area (Å²) in [7, 11) is 0. The van der Waals surface area contributed by atoms with Gasteiger partial charge in [-0.2, -0.15) is 0 Å². The molecule has 1 atom stereocenters. The third-order valence-corrected chi connectivity index (χ3v) is 2.87. The Kier molecular flexibility index (Phi) is 4.32. The molecule has 0 aliphatic rings. The van der Waals surface area contributed by atoms with Crippen molar-refractivity contribution in [3.8, 4) is 5.75 Å². The van der Waals surface area contributed by atoms with Gasteiger partial charge < -0.3 is 16.2 Å². The average molecular weight is 271 g/mol. The highest BCUT2D eigenvalue weighted by Gasteiger charge is 2.14. The zero-order valence-electron chi connectivity index (χ0n) is 11.2. The first-order chi connectivity index (χ1) is 9.54. The lowest BCUT2D eigenvalue weighted by Gasteiger charge is -2.12. The van der Waals surface area contributed by atoms with Gasteiger partial charge in [0.15, 0.2) is 0 Å². The number of rotatable bonds is 4. The summed E-state index contributed by atoms with van der Waals surface area (Å²) < 4.78 is 0. The Balaban J connectivity index is 1.96. The van der Waals surface area contributed by atoms with Crippen molar-refractivity contribution in [3.05, 3.63) is 53.9 Å². The summed E-state index contributed by atoms with van der Waals surface area (Å²) in [5.41, 5.74) is 8.38. The van der Waals surface area contributed by atoms with Gasteiger partial charge >= 0.3 is 0 Å². The maximum absolute atomic E-state index is 12.0. The highest BCUT2D eigenvalue weighted by molar-refractivity contribution is 5.94. The van der Waals surface area contributed by atoms with Gasteiger partial charge in [-0.3, -0.25) is 9.78 Å². The molecule has 0 bridgehead atoms. The van der Waals surface area contributed by atoms with E-state index in [1.54, 1.807) is 36.7 Å². The van der Waals surface area contributed by atoms with E-state index in [-0.39, 0.29) is 11.7 Å². The molecule has 0 unspecified atom stereocenters. The number of aromatic hydroxyl groups is 1. The fourth-order valence-corrected chi connectivity index (χ4v) is 1.84. The van der Waals surface area contributed by atoms with E-state index >= 15 is 0 Å². The Bertz CT molecular complexity index is 596. The van der Waals surface area contributed by atoms with Crippen LogP contribution in [0.4, 0.5) is 5.69 Å². The highest BCUT2D eigenvalue weighted by Crippen LogP contribution is 2.12. The number of carbonyl (C=O) groups is 1. The van der Waals surface area contributed by atoms with Gasteiger partial charge in [-0.25, -0.2) is 0 Å². The van der Waals surface area contributed by atoms with Crippen LogP contribution in [0.1, 0.15) is 11.1 Å². The summed E-state index contributed by atoms with van der Waals surface area (Å²) in [6, 6.07) is 7.82. The van der Waals surface area contributed by atoms with Crippen molar-refractivity contribution in [2.45, 2.75) is 19.4 Å². The van der Waals surface area contributed by atoms with Gasteiger partial charge in [0, 0.05) is 6.20 Å². The molecule has 0 aliphatic heterocycles. The molecule has 1 amide bonds. The standard InChI is InChI=1S/C15H17N3O2/c1-10-6-12(9-17-8-10)18-15(20)14(16)7-11-2-4-13(19)5-3-11/h2-6,8-9,14,19H,7,16H2,1H3,(H,18,20)/t14-/m1/s1. The van der Waals surface area contributed by atoms with Crippen molar-refractivity contribution in [1.29, 1.82) is 0 Å². The molecule has 0 aliphatic carbocycles. The molecule has 1 aromatic heterocycles. The van der Waals surface area contributed by atoms with Gasteiger partial charge in [0.25, 0.3) is 0 Å². The molecule has 1 aromatic carbocycles. The van der Waals surface area contributed by atoms with Crippen molar-refractivity contribution in [3.63, 3.8) is 0 Å². The number of aromatic nitrogens is 1. The maximum atomic E-state index is 12.0. The molecular formula is C15H17N3O2. The lowest BCUT2D eigenvalue weighted by Crippen LogP contribution is -2.37. The molecule has 2 aromatic rings. The Morgan fingerprint density at radius 1 is 1.35 bits per heavy atom. The number of pyridine rings is 1. The fraction of sp³-hybridized carbons (Fsp3) is 0.200. The minimum absolute atomic E-state index is 0.192. The number of aryl methyl sites for hydroxylation is 1. The number of nitrogens with two attached hydrogens (primary N) is 1. The topological polar surface area (TPSA) is 88.2 Å². The predicted molar refractivity (Wildman–Crippen MR) is 77.4 cm³/mol. The number of phenols is 1. The SMILES string of the molecule is Cc1cncc(NC(=O)[C@H](N)Cc2ccc(O)cc2)c1. The smallest absolute Gasteiger partial charge is 0.241 e. The first-order valence-corrected chi connectivity index (χ1v) is 6.30. The molecule has 5 nitrogen and oxygen atoms in total. The van der Waals surface area contributed by atoms with E-state index in [0.717, 1.165) is 11.1 Å². The number of nitrogens with one attached hydrogen (secondary N) is 1. The highest BCUT2D eigenvalue weighted by atomic mass is 16.3. The quantitative estimate of drug-likeness (QED) is 0.788. The number of nitrogens with zero attached hydrogens (tertiary/aromatic N) is 1. The zero-order valence-corrected chi connectivity index (χ0v) is 11.2. The summed E-state index contributed by atoms with van der Waals surface area (Å²) in [6.45, 7) is 1.90. The van der Waals surface area contributed by atoms with Crippen LogP contribution in [-0.2, 0) is 11.2 Å². The molecule has 104 valence electrons. The molecule has 0 fully saturated rings. The van der Waals surface area contributed by atoms with Crippen LogP contribution in [0.15, 0.2) is 42.7 Å². The number of amides is 1. The lowest BCUT2D eigenvalue weighted by atomic mass is 10.1. The summed E-state index contributed by atoms with van der Waals surface area (Å²) in [5, 5.41) is 11.9. The van der Waals surface area contributed by atoms with E-state index in [4.69, 9.17) is 5.73 Å². The van der Waals surface area contributed by atoms with Crippen LogP contribution >= 0.6 is 0 Å². The van der Waals surface area contributed by atoms with Crippen LogP contribution in [0.25, 0.3) is 0 Å². The molecule has 1 heterocycles. The van der Waals surface area contributed by atoms with Gasteiger partial charge in [-0.05, 0) is 42.7 Å². The monoisotopic (exact) mass is 271 g/mol. The molecular weight excluding hydrogens is 254 g/mol. The molecule has 0 radical (unpaired) electrons. The molecule has 2 rings (SSSR count). The van der Waals surface area contributed by atoms with E-state index in [0.29, 0.717) is 12.1 Å². The number of carbonyl (C=O) groups excluding carboxylic acids is 1. The van der Waals surface area contributed by atoms with Crippen molar-refractivity contribution in [1.82, 2.24) is 4.98 Å². The predicted octanol–water partition coefficient (Wildman–Crippen LogP) is 1.60. The van der Waals surface area contributed by atoms with E-state index in [9.17, 15) is 9.90 Å². The Morgan fingerprint density at radius 2 is 2.05 bits per heavy atom. The number of benzene rings is 1. The first kappa shape index (κ1) is 14.0. The van der Waals surface area contributed by atoms with E-state index < -0.39 is 6.04 Å². The van der Waals surface area contributed by atoms with Crippen LogP contribution in [0.3, 0.4) is 0 Å². The minimum Gasteiger partial charge on any atom is -0.508 e. The number of hydrogen-bond acceptors (Lipinski definition) is 4. The van der Waals surface area contributed by atoms with Crippen LogP contribution in [0.5, 0.6) is 5.75 Å². The fourth-order valence-electron chi connectivity index (χ4n) is 1.84. The van der Waals surface area contributed by atoms with Gasteiger partial charge in [-0.15, -0.1) is 0 Å². The maximum Gasteiger partial charge on any atom is 0.241 e. The second-order valence-corrected chi connectivity index (χ2v) is 4.72. The summed E-state index contributed by atoms with van der Waals surface area (Å²) in [5.74, 6) is -0.0666. The van der Waals surface area contributed by atoms with Crippen LogP contribution < -0.4 is 11.1 Å². The van der Waals surface area contributed by atoms with E-state index in [2.05, 4.69) is 10.3 Å². The van der Waals surface area contributed by atoms with Crippen molar-refractivity contribution in [2.75, 3.05) is 5.32 Å². The molecule has 0 saturated heterocycles. The Morgan fingerprint density at radius 3 is 2.70 bits per heavy atom. The van der Waals surface area contributed by atoms with Crippen molar-refractivity contribution in [2.24, 2.45) is 5.73 Å². The Hall–Kier alpha value is -2.40. The van der Waals surface area contributed by atoms with Gasteiger partial charge in [0.05, 0.1) is 17.9 Å². The summed E-state index contributed by atoms with van der Waals surface area (Å²) in [6.07, 6.45) is 3.70. The molecule has 4 N–H and O–H groups in total. The molecule has 5 heteroatoms. The largest absolute Gasteiger partial charge is 0.508 e. The normalized spacial score (nSPS) is 11.9. The van der Waals surface area contributed by atoms with E-state index in [1.165, 1.54) is 0 Å². The third kappa shape index (κ3) is 3.80. The second-order valence-electron chi connectivity index (χ2n) is 4.72. The zero-order chi connectivity index (χ0) is 14.5. The lowest BCUT2D eigenvalue weighted by molar-refractivity contribution is -0.117. The second kappa shape index (κ2) is 6.16. The molecule has 0 saturated carbocycles. The van der Waals surface area contributed by atoms with Crippen LogP contribution in [-0.4, -0.2) is 22.0 Å². The van der Waals surface area contributed by atoms with Gasteiger partial charge in [0.1, 0.15) is 5.75 Å².